The fraction of sp³-hybridized carbons (Fsp3) is 0.174. The van der Waals surface area contributed by atoms with Crippen molar-refractivity contribution >= 4 is 33.1 Å². The minimum Gasteiger partial charge on any atom is -0.289 e. The van der Waals surface area contributed by atoms with E-state index in [9.17, 15) is 17.6 Å². The predicted octanol–water partition coefficient (Wildman–Crippen LogP) is 5.81. The SMILES string of the molecule is CC(C)(C)c1ccc(S(=O)(=O)Nc2ccc(Cl)cc2C(=O)c2ccc(F)cc2)cc1. The van der Waals surface area contributed by atoms with Crippen molar-refractivity contribution < 1.29 is 17.6 Å². The summed E-state index contributed by atoms with van der Waals surface area (Å²) in [6, 6.07) is 15.9. The number of carbonyl (C=O) groups excluding carboxylic acids is 1. The Labute approximate surface area is 180 Å². The molecule has 0 aliphatic carbocycles. The topological polar surface area (TPSA) is 63.2 Å². The Morgan fingerprint density at radius 2 is 1.53 bits per heavy atom. The second kappa shape index (κ2) is 8.20. The minimum atomic E-state index is -3.94. The van der Waals surface area contributed by atoms with E-state index in [1.807, 2.05) is 20.8 Å². The molecule has 0 heterocycles. The van der Waals surface area contributed by atoms with Gasteiger partial charge in [-0.25, -0.2) is 12.8 Å². The Bertz CT molecular complexity index is 1180. The summed E-state index contributed by atoms with van der Waals surface area (Å²) in [4.78, 5) is 13.0. The largest absolute Gasteiger partial charge is 0.289 e. The van der Waals surface area contributed by atoms with Crippen LogP contribution in [-0.2, 0) is 15.4 Å². The van der Waals surface area contributed by atoms with Crippen LogP contribution in [0.2, 0.25) is 5.02 Å². The van der Waals surface area contributed by atoms with E-state index in [1.165, 1.54) is 54.6 Å². The molecule has 0 spiro atoms. The number of sulfonamides is 1. The number of anilines is 1. The number of benzene rings is 3. The lowest BCUT2D eigenvalue weighted by Gasteiger charge is -2.19. The van der Waals surface area contributed by atoms with Crippen LogP contribution in [0.3, 0.4) is 0 Å². The first-order valence-electron chi connectivity index (χ1n) is 9.20. The molecule has 0 radical (unpaired) electrons. The zero-order chi connectivity index (χ0) is 22.1. The van der Waals surface area contributed by atoms with Crippen LogP contribution < -0.4 is 4.72 Å². The van der Waals surface area contributed by atoms with Gasteiger partial charge in [-0.2, -0.15) is 0 Å². The molecule has 156 valence electrons. The van der Waals surface area contributed by atoms with Gasteiger partial charge in [0.25, 0.3) is 10.0 Å². The lowest BCUT2D eigenvalue weighted by Crippen LogP contribution is -2.17. The van der Waals surface area contributed by atoms with E-state index in [2.05, 4.69) is 4.72 Å². The van der Waals surface area contributed by atoms with Gasteiger partial charge in [0.1, 0.15) is 5.82 Å². The molecule has 0 saturated heterocycles. The van der Waals surface area contributed by atoms with Gasteiger partial charge in [0.05, 0.1) is 10.6 Å². The smallest absolute Gasteiger partial charge is 0.261 e. The van der Waals surface area contributed by atoms with Gasteiger partial charge in [0, 0.05) is 16.1 Å². The highest BCUT2D eigenvalue weighted by Crippen LogP contribution is 2.28. The molecule has 30 heavy (non-hydrogen) atoms. The number of carbonyl (C=O) groups is 1. The molecule has 3 aromatic carbocycles. The van der Waals surface area contributed by atoms with Crippen LogP contribution in [0.15, 0.2) is 71.6 Å². The maximum absolute atomic E-state index is 13.2. The number of nitrogens with one attached hydrogen (secondary N) is 1. The van der Waals surface area contributed by atoms with Crippen molar-refractivity contribution in [3.8, 4) is 0 Å². The first-order valence-corrected chi connectivity index (χ1v) is 11.1. The van der Waals surface area contributed by atoms with E-state index in [-0.39, 0.29) is 32.1 Å². The molecule has 0 bridgehead atoms. The highest BCUT2D eigenvalue weighted by molar-refractivity contribution is 7.92. The first-order chi connectivity index (χ1) is 14.0. The molecule has 4 nitrogen and oxygen atoms in total. The van der Waals surface area contributed by atoms with Crippen molar-refractivity contribution in [3.05, 3.63) is 94.3 Å². The number of hydrogen-bond donors (Lipinski definition) is 1. The molecule has 1 N–H and O–H groups in total. The molecule has 0 fully saturated rings. The molecule has 3 rings (SSSR count). The molecular weight excluding hydrogens is 425 g/mol. The zero-order valence-electron chi connectivity index (χ0n) is 16.7. The molecule has 0 aliphatic heterocycles. The second-order valence-corrected chi connectivity index (χ2v) is 10.0. The fourth-order valence-corrected chi connectivity index (χ4v) is 4.14. The highest BCUT2D eigenvalue weighted by atomic mass is 35.5. The molecule has 0 atom stereocenters. The van der Waals surface area contributed by atoms with Crippen molar-refractivity contribution in [2.24, 2.45) is 0 Å². The van der Waals surface area contributed by atoms with Crippen LogP contribution in [0, 0.1) is 5.82 Å². The Balaban J connectivity index is 1.96. The van der Waals surface area contributed by atoms with Crippen LogP contribution in [0.25, 0.3) is 0 Å². The Hall–Kier alpha value is -2.70. The van der Waals surface area contributed by atoms with Crippen LogP contribution in [0.5, 0.6) is 0 Å². The summed E-state index contributed by atoms with van der Waals surface area (Å²) in [6.45, 7) is 6.11. The third-order valence-corrected chi connectivity index (χ3v) is 6.22. The zero-order valence-corrected chi connectivity index (χ0v) is 18.3. The number of ketones is 1. The Morgan fingerprint density at radius 3 is 2.10 bits per heavy atom. The number of rotatable bonds is 5. The van der Waals surface area contributed by atoms with E-state index >= 15 is 0 Å². The first kappa shape index (κ1) is 22.0. The van der Waals surface area contributed by atoms with Gasteiger partial charge in [-0.1, -0.05) is 44.5 Å². The van der Waals surface area contributed by atoms with E-state index in [0.717, 1.165) is 5.56 Å². The number of hydrogen-bond acceptors (Lipinski definition) is 3. The molecule has 0 aliphatic rings. The fourth-order valence-electron chi connectivity index (χ4n) is 2.89. The van der Waals surface area contributed by atoms with Gasteiger partial charge in [0.15, 0.2) is 5.78 Å². The van der Waals surface area contributed by atoms with Crippen LogP contribution in [-0.4, -0.2) is 14.2 Å². The van der Waals surface area contributed by atoms with Crippen molar-refractivity contribution in [1.82, 2.24) is 0 Å². The third-order valence-electron chi connectivity index (χ3n) is 4.61. The summed E-state index contributed by atoms with van der Waals surface area (Å²) in [5, 5.41) is 0.276. The Kier molecular flexibility index (Phi) is 6.01. The molecule has 7 heteroatoms. The quantitative estimate of drug-likeness (QED) is 0.504. The molecule has 0 saturated carbocycles. The van der Waals surface area contributed by atoms with Crippen molar-refractivity contribution in [2.45, 2.75) is 31.1 Å². The van der Waals surface area contributed by atoms with Crippen molar-refractivity contribution in [1.29, 1.82) is 0 Å². The van der Waals surface area contributed by atoms with Gasteiger partial charge in [-0.15, -0.1) is 0 Å². The van der Waals surface area contributed by atoms with Crippen LogP contribution in [0.1, 0.15) is 42.3 Å². The summed E-state index contributed by atoms with van der Waals surface area (Å²) < 4.78 is 41.5. The predicted molar refractivity (Wildman–Crippen MR) is 117 cm³/mol. The van der Waals surface area contributed by atoms with E-state index in [4.69, 9.17) is 11.6 Å². The van der Waals surface area contributed by atoms with Crippen LogP contribution >= 0.6 is 11.6 Å². The van der Waals surface area contributed by atoms with Gasteiger partial charge < -0.3 is 0 Å². The normalized spacial score (nSPS) is 11.9. The van der Waals surface area contributed by atoms with Gasteiger partial charge in [-0.3, -0.25) is 9.52 Å². The average Bonchev–Trinajstić information content (AvgIpc) is 2.69. The van der Waals surface area contributed by atoms with Gasteiger partial charge in [-0.05, 0) is 65.6 Å². The second-order valence-electron chi connectivity index (χ2n) is 7.91. The summed E-state index contributed by atoms with van der Waals surface area (Å²) >= 11 is 6.03. The molecule has 0 unspecified atom stereocenters. The lowest BCUT2D eigenvalue weighted by molar-refractivity contribution is 0.103. The van der Waals surface area contributed by atoms with Crippen LogP contribution in [0.4, 0.5) is 10.1 Å². The molecule has 3 aromatic rings. The van der Waals surface area contributed by atoms with E-state index in [1.54, 1.807) is 12.1 Å². The minimum absolute atomic E-state index is 0.0731. The molecule has 0 aromatic heterocycles. The monoisotopic (exact) mass is 445 g/mol. The third kappa shape index (κ3) is 4.89. The van der Waals surface area contributed by atoms with Gasteiger partial charge in [0.2, 0.25) is 0 Å². The number of halogens is 2. The maximum atomic E-state index is 13.2. The molecular formula is C23H21ClFNO3S. The summed E-state index contributed by atoms with van der Waals surface area (Å²) in [5.74, 6) is -0.949. The standard InChI is InChI=1S/C23H21ClFNO3S/c1-23(2,3)16-6-11-19(12-7-16)30(28,29)26-21-13-8-17(24)14-20(21)22(27)15-4-9-18(25)10-5-15/h4-14,26H,1-3H3. The van der Waals surface area contributed by atoms with Gasteiger partial charge >= 0.3 is 0 Å². The lowest BCUT2D eigenvalue weighted by atomic mass is 9.87. The Morgan fingerprint density at radius 1 is 0.933 bits per heavy atom. The maximum Gasteiger partial charge on any atom is 0.261 e. The summed E-state index contributed by atoms with van der Waals surface area (Å²) in [7, 11) is -3.94. The average molecular weight is 446 g/mol. The highest BCUT2D eigenvalue weighted by Gasteiger charge is 2.21. The summed E-state index contributed by atoms with van der Waals surface area (Å²) in [6.07, 6.45) is 0. The van der Waals surface area contributed by atoms with Crippen molar-refractivity contribution in [2.75, 3.05) is 4.72 Å². The summed E-state index contributed by atoms with van der Waals surface area (Å²) in [5.41, 5.74) is 1.27. The van der Waals surface area contributed by atoms with E-state index in [0.29, 0.717) is 0 Å². The van der Waals surface area contributed by atoms with Crippen molar-refractivity contribution in [3.63, 3.8) is 0 Å². The molecule has 0 amide bonds. The van der Waals surface area contributed by atoms with E-state index < -0.39 is 21.6 Å².